The Bertz CT molecular complexity index is 770. The van der Waals surface area contributed by atoms with E-state index in [1.165, 1.54) is 25.0 Å². The van der Waals surface area contributed by atoms with Gasteiger partial charge in [-0.2, -0.15) is 5.10 Å². The van der Waals surface area contributed by atoms with Crippen molar-refractivity contribution in [3.8, 4) is 0 Å². The lowest BCUT2D eigenvalue weighted by Gasteiger charge is -2.33. The van der Waals surface area contributed by atoms with Gasteiger partial charge in [-0.15, -0.1) is 0 Å². The zero-order chi connectivity index (χ0) is 17.4. The van der Waals surface area contributed by atoms with E-state index < -0.39 is 0 Å². The van der Waals surface area contributed by atoms with Crippen LogP contribution in [0.4, 0.5) is 15.0 Å². The predicted molar refractivity (Wildman–Crippen MR) is 90.9 cm³/mol. The van der Waals surface area contributed by atoms with Crippen LogP contribution in [0.3, 0.4) is 0 Å². The molecule has 2 amide bonds. The molecule has 1 saturated carbocycles. The fraction of sp³-hybridized carbons (Fsp3) is 0.444. The number of nitrogens with zero attached hydrogens (tertiary/aromatic N) is 3. The molecule has 2 heterocycles. The van der Waals surface area contributed by atoms with Crippen LogP contribution in [0.15, 0.2) is 30.3 Å². The van der Waals surface area contributed by atoms with Gasteiger partial charge in [0.1, 0.15) is 17.7 Å². The minimum atomic E-state index is -0.281. The van der Waals surface area contributed by atoms with Crippen molar-refractivity contribution >= 4 is 11.8 Å². The normalized spacial score (nSPS) is 20.6. The summed E-state index contributed by atoms with van der Waals surface area (Å²) in [4.78, 5) is 14.3. The van der Waals surface area contributed by atoms with Gasteiger partial charge in [-0.1, -0.05) is 12.1 Å². The van der Waals surface area contributed by atoms with E-state index in [1.807, 2.05) is 13.1 Å². The van der Waals surface area contributed by atoms with Crippen LogP contribution < -0.4 is 5.32 Å². The number of hydrogen-bond donors (Lipinski definition) is 1. The monoisotopic (exact) mass is 344 g/mol. The summed E-state index contributed by atoms with van der Waals surface area (Å²) in [6, 6.07) is 8.00. The topological polar surface area (TPSA) is 59.4 Å². The number of urea groups is 1. The number of carbonyl (C=O) groups is 1. The van der Waals surface area contributed by atoms with Crippen molar-refractivity contribution in [2.75, 3.05) is 25.0 Å². The van der Waals surface area contributed by atoms with E-state index in [1.54, 1.807) is 21.7 Å². The number of amides is 2. The van der Waals surface area contributed by atoms with Crippen molar-refractivity contribution in [2.24, 2.45) is 7.05 Å². The third-order valence-electron chi connectivity index (χ3n) is 4.72. The van der Waals surface area contributed by atoms with Gasteiger partial charge in [0.15, 0.2) is 0 Å². The van der Waals surface area contributed by atoms with Crippen LogP contribution in [0.2, 0.25) is 0 Å². The Morgan fingerprint density at radius 2 is 2.08 bits per heavy atom. The van der Waals surface area contributed by atoms with E-state index in [-0.39, 0.29) is 18.0 Å². The molecular weight excluding hydrogens is 323 g/mol. The number of aryl methyl sites for hydroxylation is 1. The highest BCUT2D eigenvalue weighted by molar-refractivity contribution is 5.88. The number of benzene rings is 1. The zero-order valence-electron chi connectivity index (χ0n) is 14.1. The van der Waals surface area contributed by atoms with Gasteiger partial charge in [-0.25, -0.2) is 9.18 Å². The van der Waals surface area contributed by atoms with Gasteiger partial charge >= 0.3 is 6.03 Å². The summed E-state index contributed by atoms with van der Waals surface area (Å²) in [7, 11) is 1.84. The van der Waals surface area contributed by atoms with Crippen LogP contribution in [-0.2, 0) is 11.8 Å². The van der Waals surface area contributed by atoms with Crippen molar-refractivity contribution in [3.05, 3.63) is 47.4 Å². The fourth-order valence-corrected chi connectivity index (χ4v) is 3.09. The lowest BCUT2D eigenvalue weighted by atomic mass is 10.1. The average molecular weight is 344 g/mol. The lowest BCUT2D eigenvalue weighted by Crippen LogP contribution is -2.44. The van der Waals surface area contributed by atoms with Crippen molar-refractivity contribution in [1.82, 2.24) is 14.7 Å². The maximum Gasteiger partial charge on any atom is 0.323 e. The summed E-state index contributed by atoms with van der Waals surface area (Å²) in [5.74, 6) is 0.969. The van der Waals surface area contributed by atoms with Gasteiger partial charge < -0.3 is 9.64 Å². The van der Waals surface area contributed by atoms with E-state index in [0.717, 1.165) is 11.3 Å². The number of morpholine rings is 1. The van der Waals surface area contributed by atoms with Gasteiger partial charge in [0, 0.05) is 25.6 Å². The molecule has 132 valence electrons. The van der Waals surface area contributed by atoms with Crippen molar-refractivity contribution in [3.63, 3.8) is 0 Å². The first-order valence-corrected chi connectivity index (χ1v) is 8.57. The molecule has 1 atom stereocenters. The predicted octanol–water partition coefficient (Wildman–Crippen LogP) is 3.04. The first kappa shape index (κ1) is 16.1. The van der Waals surface area contributed by atoms with Crippen molar-refractivity contribution in [1.29, 1.82) is 0 Å². The molecule has 7 heteroatoms. The molecule has 1 aliphatic carbocycles. The number of hydrogen-bond acceptors (Lipinski definition) is 3. The van der Waals surface area contributed by atoms with E-state index >= 15 is 0 Å². The minimum Gasteiger partial charge on any atom is -0.370 e. The smallest absolute Gasteiger partial charge is 0.323 e. The number of aromatic nitrogens is 2. The molecule has 25 heavy (non-hydrogen) atoms. The van der Waals surface area contributed by atoms with Crippen molar-refractivity contribution < 1.29 is 13.9 Å². The van der Waals surface area contributed by atoms with Crippen LogP contribution in [0.25, 0.3) is 0 Å². The van der Waals surface area contributed by atoms with E-state index in [4.69, 9.17) is 4.74 Å². The first-order valence-electron chi connectivity index (χ1n) is 8.57. The van der Waals surface area contributed by atoms with Crippen LogP contribution in [0.5, 0.6) is 0 Å². The van der Waals surface area contributed by atoms with Crippen LogP contribution in [0, 0.1) is 5.82 Å². The number of anilines is 1. The molecule has 0 radical (unpaired) electrons. The number of halogens is 1. The molecule has 2 aromatic rings. The number of nitrogens with one attached hydrogen (secondary N) is 1. The standard InChI is InChI=1S/C18H21FN4O2/c1-22-17(10-15(21-22)12-2-3-12)20-18(24)23-8-9-25-16(11-23)13-4-6-14(19)7-5-13/h4-7,10,12,16H,2-3,8-9,11H2,1H3,(H,20,24). The molecule has 1 N–H and O–H groups in total. The summed E-state index contributed by atoms with van der Waals surface area (Å²) >= 11 is 0. The molecule has 1 aromatic heterocycles. The highest BCUT2D eigenvalue weighted by Crippen LogP contribution is 2.40. The fourth-order valence-electron chi connectivity index (χ4n) is 3.09. The average Bonchev–Trinajstić information content (AvgIpc) is 3.40. The summed E-state index contributed by atoms with van der Waals surface area (Å²) in [6.45, 7) is 1.41. The second kappa shape index (κ2) is 6.48. The Balaban J connectivity index is 1.42. The Labute approximate surface area is 145 Å². The molecule has 4 rings (SSSR count). The lowest BCUT2D eigenvalue weighted by molar-refractivity contribution is -0.0135. The highest BCUT2D eigenvalue weighted by atomic mass is 19.1. The summed E-state index contributed by atoms with van der Waals surface area (Å²) in [6.07, 6.45) is 2.11. The van der Waals surface area contributed by atoms with Crippen LogP contribution >= 0.6 is 0 Å². The molecule has 1 aromatic carbocycles. The van der Waals surface area contributed by atoms with Crippen LogP contribution in [-0.4, -0.2) is 40.4 Å². The molecule has 0 bridgehead atoms. The second-order valence-electron chi connectivity index (χ2n) is 6.64. The number of ether oxygens (including phenoxy) is 1. The molecular formula is C18H21FN4O2. The van der Waals surface area contributed by atoms with Crippen LogP contribution in [0.1, 0.15) is 36.1 Å². The maximum absolute atomic E-state index is 13.1. The second-order valence-corrected chi connectivity index (χ2v) is 6.64. The van der Waals surface area contributed by atoms with E-state index in [0.29, 0.717) is 31.4 Å². The number of rotatable bonds is 3. The third-order valence-corrected chi connectivity index (χ3v) is 4.72. The maximum atomic E-state index is 13.1. The Hall–Kier alpha value is -2.41. The van der Waals surface area contributed by atoms with Crippen molar-refractivity contribution in [2.45, 2.75) is 24.9 Å². The first-order chi connectivity index (χ1) is 12.1. The largest absolute Gasteiger partial charge is 0.370 e. The Morgan fingerprint density at radius 3 is 2.80 bits per heavy atom. The van der Waals surface area contributed by atoms with Gasteiger partial charge in [0.2, 0.25) is 0 Å². The quantitative estimate of drug-likeness (QED) is 0.931. The van der Waals surface area contributed by atoms with Gasteiger partial charge in [-0.3, -0.25) is 10.00 Å². The van der Waals surface area contributed by atoms with E-state index in [9.17, 15) is 9.18 Å². The van der Waals surface area contributed by atoms with Gasteiger partial charge in [0.05, 0.1) is 18.8 Å². The molecule has 1 aliphatic heterocycles. The molecule has 1 unspecified atom stereocenters. The Kier molecular flexibility index (Phi) is 4.17. The third kappa shape index (κ3) is 3.51. The molecule has 0 spiro atoms. The number of carbonyl (C=O) groups excluding carboxylic acids is 1. The summed E-state index contributed by atoms with van der Waals surface area (Å²) < 4.78 is 20.5. The molecule has 6 nitrogen and oxygen atoms in total. The van der Waals surface area contributed by atoms with Gasteiger partial charge in [0.25, 0.3) is 0 Å². The summed E-state index contributed by atoms with van der Waals surface area (Å²) in [5, 5.41) is 7.40. The zero-order valence-corrected chi connectivity index (χ0v) is 14.1. The summed E-state index contributed by atoms with van der Waals surface area (Å²) in [5.41, 5.74) is 1.92. The van der Waals surface area contributed by atoms with Gasteiger partial charge in [-0.05, 0) is 30.5 Å². The molecule has 2 fully saturated rings. The van der Waals surface area contributed by atoms with E-state index in [2.05, 4.69) is 10.4 Å². The minimum absolute atomic E-state index is 0.166. The molecule has 2 aliphatic rings. The highest BCUT2D eigenvalue weighted by Gasteiger charge is 2.29. The molecule has 1 saturated heterocycles. The Morgan fingerprint density at radius 1 is 1.32 bits per heavy atom. The SMILES string of the molecule is Cn1nc(C2CC2)cc1NC(=O)N1CCOC(c2ccc(F)cc2)C1.